The van der Waals surface area contributed by atoms with E-state index in [0.29, 0.717) is 0 Å². The lowest BCUT2D eigenvalue weighted by atomic mass is 11.8. The van der Waals surface area contributed by atoms with Gasteiger partial charge in [-0.2, -0.15) is 0 Å². The van der Waals surface area contributed by atoms with Crippen LogP contribution in [0.1, 0.15) is 0 Å². The molecule has 4 heteroatoms. The van der Waals surface area contributed by atoms with E-state index in [-0.39, 0.29) is 0 Å². The molecular weight excluding hydrogens is 192 g/mol. The summed E-state index contributed by atoms with van der Waals surface area (Å²) in [6, 6.07) is 0. The molecule has 0 radical (unpaired) electrons. The van der Waals surface area contributed by atoms with Crippen LogP contribution in [0.3, 0.4) is 0 Å². The summed E-state index contributed by atoms with van der Waals surface area (Å²) < 4.78 is 0. The number of hydrogen-bond donors (Lipinski definition) is 0. The fraction of sp³-hybridized carbons (Fsp3) is 1.00. The van der Waals surface area contributed by atoms with Crippen molar-refractivity contribution in [2.24, 2.45) is 0 Å². The van der Waals surface area contributed by atoms with Crippen LogP contribution < -0.4 is 0 Å². The van der Waals surface area contributed by atoms with E-state index in [1.54, 1.807) is 0 Å². The molecule has 0 unspecified atom stereocenters. The first kappa shape index (κ1) is 11.1. The second-order valence-corrected chi connectivity index (χ2v) is 24.5. The van der Waals surface area contributed by atoms with Crippen LogP contribution in [0.4, 0.5) is 0 Å². The molecule has 0 nitrogen and oxygen atoms in total. The molecule has 0 heterocycles. The van der Waals surface area contributed by atoms with Crippen LogP contribution in [0.15, 0.2) is 0 Å². The molecule has 0 aromatic carbocycles. The Bertz CT molecular complexity index is 87.3. The Morgan fingerprint density at radius 1 is 0.600 bits per heavy atom. The van der Waals surface area contributed by atoms with E-state index < -0.39 is 14.4 Å². The summed E-state index contributed by atoms with van der Waals surface area (Å²) >= 11 is 0. The number of hydrogen-bond acceptors (Lipinski definition) is 2. The molecular formula is C6H18S2Si2. The van der Waals surface area contributed by atoms with E-state index in [2.05, 4.69) is 59.8 Å². The Balaban J connectivity index is 3.56. The molecule has 0 saturated carbocycles. The van der Waals surface area contributed by atoms with Gasteiger partial charge in [0.05, 0.1) is 0 Å². The van der Waals surface area contributed by atoms with Gasteiger partial charge in [0.25, 0.3) is 0 Å². The van der Waals surface area contributed by atoms with E-state index in [1.807, 2.05) is 0 Å². The van der Waals surface area contributed by atoms with Gasteiger partial charge < -0.3 is 0 Å². The van der Waals surface area contributed by atoms with Gasteiger partial charge in [0.15, 0.2) is 0 Å². The van der Waals surface area contributed by atoms with Crippen molar-refractivity contribution in [1.29, 1.82) is 0 Å². The third-order valence-corrected chi connectivity index (χ3v) is 16.9. The van der Waals surface area contributed by atoms with Crippen molar-refractivity contribution in [2.45, 2.75) is 39.3 Å². The van der Waals surface area contributed by atoms with Gasteiger partial charge in [0, 0.05) is 0 Å². The Labute approximate surface area is 74.3 Å². The highest BCUT2D eigenvalue weighted by Crippen LogP contribution is 2.38. The molecule has 0 aromatic heterocycles. The van der Waals surface area contributed by atoms with Crippen LogP contribution in [0.25, 0.3) is 0 Å². The molecule has 10 heavy (non-hydrogen) atoms. The molecule has 0 fully saturated rings. The third-order valence-electron chi connectivity index (χ3n) is 0.542. The molecule has 0 N–H and O–H groups in total. The monoisotopic (exact) mass is 210 g/mol. The molecule has 0 aromatic rings. The highest BCUT2D eigenvalue weighted by atomic mass is 33.3. The summed E-state index contributed by atoms with van der Waals surface area (Å²) in [4.78, 5) is 0. The van der Waals surface area contributed by atoms with E-state index >= 15 is 0 Å². The van der Waals surface area contributed by atoms with Crippen LogP contribution in [0, 0.1) is 0 Å². The fourth-order valence-electron chi connectivity index (χ4n) is 0.250. The SMILES string of the molecule is C[Si](C)(C)SS[Si](C)(C)C. The predicted octanol–water partition coefficient (Wildman–Crippen LogP) is 4.04. The van der Waals surface area contributed by atoms with Crippen molar-refractivity contribution in [3.05, 3.63) is 0 Å². The summed E-state index contributed by atoms with van der Waals surface area (Å²) in [6.45, 7) is 14.4. The predicted molar refractivity (Wildman–Crippen MR) is 61.9 cm³/mol. The molecule has 0 atom stereocenters. The average molecular weight is 211 g/mol. The standard InChI is InChI=1S/C6H18S2Si2/c1-9(2,3)7-8-10(4,5)6/h1-6H3. The van der Waals surface area contributed by atoms with Gasteiger partial charge in [-0.25, -0.2) is 0 Å². The van der Waals surface area contributed by atoms with Crippen molar-refractivity contribution in [1.82, 2.24) is 0 Å². The second-order valence-electron chi connectivity index (χ2n) is 4.39. The maximum absolute atomic E-state index is 2.41. The first-order chi connectivity index (χ1) is 4.21. The summed E-state index contributed by atoms with van der Waals surface area (Å²) in [5.74, 6) is 0. The van der Waals surface area contributed by atoms with Gasteiger partial charge in [-0.15, -0.1) is 20.5 Å². The molecule has 0 aliphatic carbocycles. The molecule has 0 amide bonds. The first-order valence-electron chi connectivity index (χ1n) is 3.57. The van der Waals surface area contributed by atoms with Gasteiger partial charge in [-0.1, -0.05) is 39.3 Å². The van der Waals surface area contributed by atoms with E-state index in [9.17, 15) is 0 Å². The van der Waals surface area contributed by atoms with Gasteiger partial charge in [0.2, 0.25) is 0 Å². The quantitative estimate of drug-likeness (QED) is 0.509. The van der Waals surface area contributed by atoms with Gasteiger partial charge in [-0.3, -0.25) is 0 Å². The third kappa shape index (κ3) is 9.13. The average Bonchev–Trinajstić information content (AvgIpc) is 1.57. The Hall–Kier alpha value is 1.13. The number of rotatable bonds is 3. The Kier molecular flexibility index (Phi) is 4.11. The fourth-order valence-corrected chi connectivity index (χ4v) is 20.2. The Morgan fingerprint density at radius 2 is 0.800 bits per heavy atom. The Morgan fingerprint density at radius 3 is 0.900 bits per heavy atom. The van der Waals surface area contributed by atoms with Crippen molar-refractivity contribution >= 4 is 34.9 Å². The van der Waals surface area contributed by atoms with Crippen LogP contribution >= 0.6 is 20.5 Å². The minimum Gasteiger partial charge on any atom is -0.128 e. The summed E-state index contributed by atoms with van der Waals surface area (Å²) in [5, 5.41) is 0. The maximum Gasteiger partial charge on any atom is 0.121 e. The molecule has 0 rings (SSSR count). The van der Waals surface area contributed by atoms with Gasteiger partial charge in [0.1, 0.15) is 14.4 Å². The molecule has 0 aliphatic heterocycles. The topological polar surface area (TPSA) is 0 Å². The lowest BCUT2D eigenvalue weighted by molar-refractivity contribution is 1.88. The minimum absolute atomic E-state index is 0.853. The summed E-state index contributed by atoms with van der Waals surface area (Å²) in [6.07, 6.45) is 0. The van der Waals surface area contributed by atoms with Crippen molar-refractivity contribution in [3.8, 4) is 0 Å². The van der Waals surface area contributed by atoms with Gasteiger partial charge >= 0.3 is 0 Å². The van der Waals surface area contributed by atoms with Gasteiger partial charge in [-0.05, 0) is 0 Å². The van der Waals surface area contributed by atoms with Crippen LogP contribution in [-0.4, -0.2) is 14.4 Å². The molecule has 0 spiro atoms. The summed E-state index contributed by atoms with van der Waals surface area (Å²) in [7, 11) is 2.61. The highest BCUT2D eigenvalue weighted by Gasteiger charge is 2.21. The second kappa shape index (κ2) is 3.69. The smallest absolute Gasteiger partial charge is 0.121 e. The lowest BCUT2D eigenvalue weighted by Crippen LogP contribution is -2.18. The molecule has 0 bridgehead atoms. The van der Waals surface area contributed by atoms with Crippen LogP contribution in [-0.2, 0) is 0 Å². The molecule has 0 saturated heterocycles. The highest BCUT2D eigenvalue weighted by molar-refractivity contribution is 8.96. The van der Waals surface area contributed by atoms with Crippen molar-refractivity contribution in [2.75, 3.05) is 0 Å². The largest absolute Gasteiger partial charge is 0.128 e. The van der Waals surface area contributed by atoms with Crippen LogP contribution in [0.5, 0.6) is 0 Å². The zero-order valence-corrected chi connectivity index (χ0v) is 11.4. The van der Waals surface area contributed by atoms with Crippen LogP contribution in [0.2, 0.25) is 39.3 Å². The lowest BCUT2D eigenvalue weighted by Gasteiger charge is -2.20. The molecule has 0 aliphatic rings. The first-order valence-corrected chi connectivity index (χ1v) is 14.2. The van der Waals surface area contributed by atoms with E-state index in [0.717, 1.165) is 0 Å². The zero-order chi connectivity index (χ0) is 8.41. The van der Waals surface area contributed by atoms with E-state index in [1.165, 1.54) is 0 Å². The zero-order valence-electron chi connectivity index (χ0n) is 7.82. The van der Waals surface area contributed by atoms with Crippen molar-refractivity contribution < 1.29 is 0 Å². The molecule has 62 valence electrons. The van der Waals surface area contributed by atoms with E-state index in [4.69, 9.17) is 0 Å². The minimum atomic E-state index is -0.853. The van der Waals surface area contributed by atoms with Crippen molar-refractivity contribution in [3.63, 3.8) is 0 Å². The summed E-state index contributed by atoms with van der Waals surface area (Å²) in [5.41, 5.74) is 0. The maximum atomic E-state index is 2.41. The normalized spacial score (nSPS) is 13.8.